The van der Waals surface area contributed by atoms with Gasteiger partial charge >= 0.3 is 6.18 Å². The van der Waals surface area contributed by atoms with E-state index < -0.39 is 29.0 Å². The van der Waals surface area contributed by atoms with Crippen molar-refractivity contribution in [2.45, 2.75) is 12.6 Å². The van der Waals surface area contributed by atoms with E-state index in [0.29, 0.717) is 19.2 Å². The molecule has 1 N–H and O–H groups in total. The molecular formula is C14H16F4N2O. The Kier molecular flexibility index (Phi) is 4.51. The lowest BCUT2D eigenvalue weighted by Crippen LogP contribution is -2.31. The monoisotopic (exact) mass is 304 g/mol. The maximum absolute atomic E-state index is 13.9. The summed E-state index contributed by atoms with van der Waals surface area (Å²) in [6.07, 6.45) is -4.05. The largest absolute Gasteiger partial charge is 0.419 e. The van der Waals surface area contributed by atoms with Gasteiger partial charge in [-0.15, -0.1) is 0 Å². The van der Waals surface area contributed by atoms with E-state index in [0.717, 1.165) is 25.1 Å². The molecule has 1 aliphatic rings. The molecule has 1 aromatic carbocycles. The van der Waals surface area contributed by atoms with Crippen LogP contribution in [-0.2, 0) is 6.18 Å². The van der Waals surface area contributed by atoms with Gasteiger partial charge in [0.2, 0.25) is 0 Å². The molecule has 1 heterocycles. The number of rotatable bonds is 3. The third-order valence-corrected chi connectivity index (χ3v) is 3.60. The molecule has 0 bridgehead atoms. The molecule has 1 amide bonds. The zero-order valence-corrected chi connectivity index (χ0v) is 11.5. The Morgan fingerprint density at radius 1 is 1.43 bits per heavy atom. The van der Waals surface area contributed by atoms with E-state index in [1.165, 1.54) is 4.90 Å². The highest BCUT2D eigenvalue weighted by molar-refractivity contribution is 5.95. The van der Waals surface area contributed by atoms with Crippen LogP contribution >= 0.6 is 0 Å². The van der Waals surface area contributed by atoms with Crippen molar-refractivity contribution < 1.29 is 22.4 Å². The van der Waals surface area contributed by atoms with Gasteiger partial charge in [-0.1, -0.05) is 6.07 Å². The summed E-state index contributed by atoms with van der Waals surface area (Å²) >= 11 is 0. The topological polar surface area (TPSA) is 32.3 Å². The fraction of sp³-hybridized carbons (Fsp3) is 0.500. The highest BCUT2D eigenvalue weighted by atomic mass is 19.4. The lowest BCUT2D eigenvalue weighted by Gasteiger charge is -2.18. The van der Waals surface area contributed by atoms with Gasteiger partial charge in [0, 0.05) is 13.1 Å². The predicted molar refractivity (Wildman–Crippen MR) is 69.3 cm³/mol. The van der Waals surface area contributed by atoms with Crippen LogP contribution in [0.5, 0.6) is 0 Å². The van der Waals surface area contributed by atoms with Crippen molar-refractivity contribution in [3.8, 4) is 0 Å². The van der Waals surface area contributed by atoms with E-state index in [-0.39, 0.29) is 5.92 Å². The second-order valence-electron chi connectivity index (χ2n) is 5.13. The molecule has 1 saturated heterocycles. The van der Waals surface area contributed by atoms with E-state index in [2.05, 4.69) is 5.32 Å². The highest BCUT2D eigenvalue weighted by Gasteiger charge is 2.37. The SMILES string of the molecule is CNCC1CCN(C(=O)c2cccc(C(F)(F)F)c2F)C1. The first kappa shape index (κ1) is 15.8. The van der Waals surface area contributed by atoms with Gasteiger partial charge in [-0.3, -0.25) is 4.79 Å². The standard InChI is InChI=1S/C14H16F4N2O/c1-19-7-9-5-6-20(8-9)13(21)10-3-2-4-11(12(10)15)14(16,17)18/h2-4,9,19H,5-8H2,1H3. The van der Waals surface area contributed by atoms with E-state index in [1.54, 1.807) is 7.05 Å². The van der Waals surface area contributed by atoms with Crippen LogP contribution in [0.1, 0.15) is 22.3 Å². The molecule has 7 heteroatoms. The predicted octanol–water partition coefficient (Wildman–Crippen LogP) is 2.53. The Morgan fingerprint density at radius 3 is 2.76 bits per heavy atom. The van der Waals surface area contributed by atoms with Crippen LogP contribution in [0.25, 0.3) is 0 Å². The molecule has 1 fully saturated rings. The van der Waals surface area contributed by atoms with Crippen molar-refractivity contribution in [1.29, 1.82) is 0 Å². The van der Waals surface area contributed by atoms with Gasteiger partial charge in [0.15, 0.2) is 0 Å². The molecule has 116 valence electrons. The molecule has 1 atom stereocenters. The van der Waals surface area contributed by atoms with Crippen LogP contribution < -0.4 is 5.32 Å². The second-order valence-corrected chi connectivity index (χ2v) is 5.13. The summed E-state index contributed by atoms with van der Waals surface area (Å²) in [7, 11) is 1.79. The summed E-state index contributed by atoms with van der Waals surface area (Å²) in [5, 5.41) is 2.99. The van der Waals surface area contributed by atoms with E-state index in [4.69, 9.17) is 0 Å². The Hall–Kier alpha value is -1.63. The molecule has 0 aliphatic carbocycles. The van der Waals surface area contributed by atoms with Gasteiger partial charge in [-0.05, 0) is 38.1 Å². The molecule has 0 radical (unpaired) electrons. The maximum atomic E-state index is 13.9. The Balaban J connectivity index is 2.21. The number of likely N-dealkylation sites (tertiary alicyclic amines) is 1. The number of amides is 1. The molecule has 0 saturated carbocycles. The smallest absolute Gasteiger partial charge is 0.338 e. The Labute approximate surface area is 119 Å². The van der Waals surface area contributed by atoms with Crippen molar-refractivity contribution >= 4 is 5.91 Å². The van der Waals surface area contributed by atoms with Gasteiger partial charge < -0.3 is 10.2 Å². The van der Waals surface area contributed by atoms with E-state index in [1.807, 2.05) is 0 Å². The third kappa shape index (κ3) is 3.34. The molecule has 2 rings (SSSR count). The molecule has 21 heavy (non-hydrogen) atoms. The van der Waals surface area contributed by atoms with Crippen LogP contribution in [-0.4, -0.2) is 37.5 Å². The van der Waals surface area contributed by atoms with Gasteiger partial charge in [-0.25, -0.2) is 4.39 Å². The number of nitrogens with one attached hydrogen (secondary N) is 1. The average Bonchev–Trinajstić information content (AvgIpc) is 2.86. The highest BCUT2D eigenvalue weighted by Crippen LogP contribution is 2.33. The first-order valence-electron chi connectivity index (χ1n) is 6.64. The Morgan fingerprint density at radius 2 is 2.14 bits per heavy atom. The number of nitrogens with zero attached hydrogens (tertiary/aromatic N) is 1. The van der Waals surface area contributed by atoms with Crippen molar-refractivity contribution in [2.75, 3.05) is 26.7 Å². The normalized spacial score (nSPS) is 19.1. The number of halogens is 4. The average molecular weight is 304 g/mol. The minimum absolute atomic E-state index is 0.243. The summed E-state index contributed by atoms with van der Waals surface area (Å²) in [5.74, 6) is -1.93. The van der Waals surface area contributed by atoms with Crippen LogP contribution in [0.4, 0.5) is 17.6 Å². The molecule has 3 nitrogen and oxygen atoms in total. The maximum Gasteiger partial charge on any atom is 0.419 e. The van der Waals surface area contributed by atoms with Gasteiger partial charge in [0.05, 0.1) is 11.1 Å². The third-order valence-electron chi connectivity index (χ3n) is 3.60. The van der Waals surface area contributed by atoms with Crippen molar-refractivity contribution in [2.24, 2.45) is 5.92 Å². The number of carbonyl (C=O) groups excluding carboxylic acids is 1. The van der Waals surface area contributed by atoms with Crippen molar-refractivity contribution in [3.63, 3.8) is 0 Å². The first-order valence-corrected chi connectivity index (χ1v) is 6.64. The minimum atomic E-state index is -4.81. The zero-order chi connectivity index (χ0) is 15.6. The molecule has 0 aromatic heterocycles. The Bertz CT molecular complexity index is 530. The number of alkyl halides is 3. The molecular weight excluding hydrogens is 288 g/mol. The summed E-state index contributed by atoms with van der Waals surface area (Å²) in [6.45, 7) is 1.57. The van der Waals surface area contributed by atoms with Crippen LogP contribution in [0.2, 0.25) is 0 Å². The van der Waals surface area contributed by atoms with Gasteiger partial charge in [-0.2, -0.15) is 13.2 Å². The lowest BCUT2D eigenvalue weighted by molar-refractivity contribution is -0.140. The van der Waals surface area contributed by atoms with Crippen LogP contribution in [0.3, 0.4) is 0 Å². The molecule has 1 aromatic rings. The van der Waals surface area contributed by atoms with Crippen LogP contribution in [0, 0.1) is 11.7 Å². The number of hydrogen-bond donors (Lipinski definition) is 1. The first-order chi connectivity index (χ1) is 9.84. The molecule has 1 aliphatic heterocycles. The fourth-order valence-electron chi connectivity index (χ4n) is 2.56. The summed E-state index contributed by atoms with van der Waals surface area (Å²) in [4.78, 5) is 13.6. The zero-order valence-electron chi connectivity index (χ0n) is 11.5. The molecule has 0 spiro atoms. The van der Waals surface area contributed by atoms with Crippen molar-refractivity contribution in [1.82, 2.24) is 10.2 Å². The van der Waals surface area contributed by atoms with Crippen molar-refractivity contribution in [3.05, 3.63) is 35.1 Å². The fourth-order valence-corrected chi connectivity index (χ4v) is 2.56. The number of hydrogen-bond acceptors (Lipinski definition) is 2. The quantitative estimate of drug-likeness (QED) is 0.870. The molecule has 1 unspecified atom stereocenters. The summed E-state index contributed by atoms with van der Waals surface area (Å²) in [6, 6.07) is 2.79. The van der Waals surface area contributed by atoms with Gasteiger partial charge in [0.1, 0.15) is 5.82 Å². The van der Waals surface area contributed by atoms with Gasteiger partial charge in [0.25, 0.3) is 5.91 Å². The van der Waals surface area contributed by atoms with E-state index in [9.17, 15) is 22.4 Å². The second kappa shape index (κ2) is 6.01. The van der Waals surface area contributed by atoms with Crippen LogP contribution in [0.15, 0.2) is 18.2 Å². The summed E-state index contributed by atoms with van der Waals surface area (Å²) < 4.78 is 51.9. The number of benzene rings is 1. The lowest BCUT2D eigenvalue weighted by atomic mass is 10.1. The summed E-state index contributed by atoms with van der Waals surface area (Å²) in [5.41, 5.74) is -1.92. The minimum Gasteiger partial charge on any atom is -0.338 e. The number of carbonyl (C=O) groups is 1. The van der Waals surface area contributed by atoms with E-state index >= 15 is 0 Å².